The number of carbonyl (C=O) groups is 1. The zero-order valence-corrected chi connectivity index (χ0v) is 20.7. The molecular formula is C30H33N3O2. The molecule has 180 valence electrons. The first-order valence-corrected chi connectivity index (χ1v) is 12.5. The molecule has 1 aliphatic carbocycles. The van der Waals surface area contributed by atoms with Crippen molar-refractivity contribution < 1.29 is 9.53 Å². The van der Waals surface area contributed by atoms with Crippen LogP contribution in [0.15, 0.2) is 55.5 Å². The fourth-order valence-corrected chi connectivity index (χ4v) is 5.83. The van der Waals surface area contributed by atoms with Gasteiger partial charge in [0.1, 0.15) is 5.75 Å². The standard InChI is InChI=1S/C30H33N3O2/c1-4-21-17-25-6-5-24-15-20(2)16-26(35-3)28(24)29(30(25)32-19-21)23-9-13-33(14-10-23)27(34)18-22-7-11-31-12-8-22/h4,7-8,11-12,15-17,19,23,29H,1,5-6,9-10,13-14,18H2,2-3H3. The molecule has 1 fully saturated rings. The predicted octanol–water partition coefficient (Wildman–Crippen LogP) is 5.15. The maximum atomic E-state index is 13.0. The van der Waals surface area contributed by atoms with Crippen LogP contribution in [0.25, 0.3) is 6.08 Å². The van der Waals surface area contributed by atoms with Gasteiger partial charge in [-0.2, -0.15) is 0 Å². The van der Waals surface area contributed by atoms with Crippen LogP contribution in [0.4, 0.5) is 0 Å². The van der Waals surface area contributed by atoms with Gasteiger partial charge in [0.05, 0.1) is 19.2 Å². The SMILES string of the molecule is C=Cc1cnc2c(c1)CCc1cc(C)cc(OC)c1C2C1CCN(C(=O)Cc2ccncc2)CC1. The Labute approximate surface area is 207 Å². The number of hydrogen-bond donors (Lipinski definition) is 0. The van der Waals surface area contributed by atoms with E-state index in [1.54, 1.807) is 19.5 Å². The van der Waals surface area contributed by atoms with E-state index < -0.39 is 0 Å². The third-order valence-corrected chi connectivity index (χ3v) is 7.59. The lowest BCUT2D eigenvalue weighted by molar-refractivity contribution is -0.131. The molecule has 2 aromatic heterocycles. The van der Waals surface area contributed by atoms with Crippen LogP contribution in [0.3, 0.4) is 0 Å². The number of aryl methyl sites for hydroxylation is 3. The Morgan fingerprint density at radius 1 is 1.14 bits per heavy atom. The topological polar surface area (TPSA) is 55.3 Å². The second-order valence-corrected chi connectivity index (χ2v) is 9.79. The van der Waals surface area contributed by atoms with Crippen LogP contribution in [-0.4, -0.2) is 41.0 Å². The summed E-state index contributed by atoms with van der Waals surface area (Å²) in [6.45, 7) is 7.63. The van der Waals surface area contributed by atoms with Crippen molar-refractivity contribution in [3.05, 3.63) is 94.6 Å². The summed E-state index contributed by atoms with van der Waals surface area (Å²) in [6, 6.07) is 10.6. The molecule has 0 radical (unpaired) electrons. The van der Waals surface area contributed by atoms with E-state index >= 15 is 0 Å². The average Bonchev–Trinajstić information content (AvgIpc) is 3.05. The number of nitrogens with zero attached hydrogens (tertiary/aromatic N) is 3. The number of carbonyl (C=O) groups excluding carboxylic acids is 1. The van der Waals surface area contributed by atoms with E-state index in [2.05, 4.69) is 36.7 Å². The summed E-state index contributed by atoms with van der Waals surface area (Å²) in [4.78, 5) is 24.1. The van der Waals surface area contributed by atoms with E-state index in [1.165, 1.54) is 22.3 Å². The maximum Gasteiger partial charge on any atom is 0.226 e. The summed E-state index contributed by atoms with van der Waals surface area (Å²) in [5.41, 5.74) is 8.42. The average molecular weight is 468 g/mol. The van der Waals surface area contributed by atoms with Crippen molar-refractivity contribution in [1.29, 1.82) is 0 Å². The molecule has 5 heteroatoms. The van der Waals surface area contributed by atoms with E-state index in [0.717, 1.165) is 61.3 Å². The van der Waals surface area contributed by atoms with Gasteiger partial charge in [-0.25, -0.2) is 0 Å². The maximum absolute atomic E-state index is 13.0. The number of ether oxygens (including phenoxy) is 1. The molecule has 0 N–H and O–H groups in total. The zero-order valence-electron chi connectivity index (χ0n) is 20.7. The number of aromatic nitrogens is 2. The highest BCUT2D eigenvalue weighted by Gasteiger charge is 2.36. The monoisotopic (exact) mass is 467 g/mol. The normalized spacial score (nSPS) is 17.8. The molecule has 35 heavy (non-hydrogen) atoms. The van der Waals surface area contributed by atoms with Gasteiger partial charge >= 0.3 is 0 Å². The van der Waals surface area contributed by atoms with E-state index in [9.17, 15) is 4.79 Å². The molecule has 2 aliphatic rings. The number of fused-ring (bicyclic) bond motifs is 2. The van der Waals surface area contributed by atoms with Crippen LogP contribution >= 0.6 is 0 Å². The van der Waals surface area contributed by atoms with Crippen LogP contribution in [0.5, 0.6) is 5.75 Å². The quantitative estimate of drug-likeness (QED) is 0.521. The molecule has 0 spiro atoms. The Morgan fingerprint density at radius 3 is 2.60 bits per heavy atom. The van der Waals surface area contributed by atoms with Gasteiger partial charge in [-0.1, -0.05) is 18.7 Å². The number of likely N-dealkylation sites (tertiary alicyclic amines) is 1. The second kappa shape index (κ2) is 10.0. The zero-order chi connectivity index (χ0) is 24.4. The van der Waals surface area contributed by atoms with Crippen molar-refractivity contribution in [2.75, 3.05) is 20.2 Å². The molecular weight excluding hydrogens is 434 g/mol. The van der Waals surface area contributed by atoms with Gasteiger partial charge in [0.2, 0.25) is 5.91 Å². The molecule has 5 nitrogen and oxygen atoms in total. The molecule has 3 heterocycles. The summed E-state index contributed by atoms with van der Waals surface area (Å²) in [7, 11) is 1.77. The number of rotatable bonds is 5. The number of pyridine rings is 2. The predicted molar refractivity (Wildman–Crippen MR) is 139 cm³/mol. The van der Waals surface area contributed by atoms with Crippen LogP contribution in [0, 0.1) is 12.8 Å². The van der Waals surface area contributed by atoms with Gasteiger partial charge < -0.3 is 9.64 Å². The first-order chi connectivity index (χ1) is 17.1. The lowest BCUT2D eigenvalue weighted by atomic mass is 9.75. The number of amides is 1. The van der Waals surface area contributed by atoms with Gasteiger partial charge in [0.15, 0.2) is 0 Å². The number of benzene rings is 1. The third kappa shape index (κ3) is 4.72. The largest absolute Gasteiger partial charge is 0.496 e. The minimum Gasteiger partial charge on any atom is -0.496 e. The first kappa shape index (κ1) is 23.3. The summed E-state index contributed by atoms with van der Waals surface area (Å²) < 4.78 is 5.94. The molecule has 3 aromatic rings. The van der Waals surface area contributed by atoms with Crippen LogP contribution in [0.2, 0.25) is 0 Å². The van der Waals surface area contributed by atoms with E-state index in [0.29, 0.717) is 12.3 Å². The highest BCUT2D eigenvalue weighted by molar-refractivity contribution is 5.78. The molecule has 0 saturated carbocycles. The number of methoxy groups -OCH3 is 1. The van der Waals surface area contributed by atoms with E-state index in [4.69, 9.17) is 9.72 Å². The molecule has 1 aromatic carbocycles. The first-order valence-electron chi connectivity index (χ1n) is 12.5. The Hall–Kier alpha value is -3.47. The molecule has 1 unspecified atom stereocenters. The highest BCUT2D eigenvalue weighted by Crippen LogP contribution is 2.46. The van der Waals surface area contributed by atoms with Crippen LogP contribution in [0.1, 0.15) is 57.8 Å². The smallest absolute Gasteiger partial charge is 0.226 e. The van der Waals surface area contributed by atoms with Gasteiger partial charge in [-0.15, -0.1) is 0 Å². The molecule has 1 amide bonds. The molecule has 1 aliphatic heterocycles. The summed E-state index contributed by atoms with van der Waals surface area (Å²) in [5.74, 6) is 1.71. The molecule has 5 rings (SSSR count). The summed E-state index contributed by atoms with van der Waals surface area (Å²) in [6.07, 6.45) is 11.6. The third-order valence-electron chi connectivity index (χ3n) is 7.59. The summed E-state index contributed by atoms with van der Waals surface area (Å²) >= 11 is 0. The lowest BCUT2D eigenvalue weighted by Crippen LogP contribution is -2.40. The Balaban J connectivity index is 1.45. The van der Waals surface area contributed by atoms with Crippen LogP contribution in [-0.2, 0) is 24.1 Å². The van der Waals surface area contributed by atoms with Gasteiger partial charge in [0.25, 0.3) is 0 Å². The molecule has 0 bridgehead atoms. The second-order valence-electron chi connectivity index (χ2n) is 9.79. The molecule has 1 saturated heterocycles. The lowest BCUT2D eigenvalue weighted by Gasteiger charge is -2.37. The van der Waals surface area contributed by atoms with Crippen molar-refractivity contribution in [3.63, 3.8) is 0 Å². The van der Waals surface area contributed by atoms with Crippen molar-refractivity contribution >= 4 is 12.0 Å². The fraction of sp³-hybridized carbons (Fsp3) is 0.367. The van der Waals surface area contributed by atoms with Crippen LogP contribution < -0.4 is 4.74 Å². The van der Waals surface area contributed by atoms with Gasteiger partial charge in [-0.05, 0) is 90.6 Å². The Bertz CT molecular complexity index is 1230. The number of hydrogen-bond acceptors (Lipinski definition) is 4. The number of piperidine rings is 1. The van der Waals surface area contributed by atoms with Crippen molar-refractivity contribution in [2.24, 2.45) is 5.92 Å². The van der Waals surface area contributed by atoms with Gasteiger partial charge in [-0.3, -0.25) is 14.8 Å². The minimum absolute atomic E-state index is 0.161. The van der Waals surface area contributed by atoms with Crippen molar-refractivity contribution in [1.82, 2.24) is 14.9 Å². The molecule has 1 atom stereocenters. The minimum atomic E-state index is 0.161. The van der Waals surface area contributed by atoms with E-state index in [1.807, 2.05) is 29.3 Å². The van der Waals surface area contributed by atoms with Crippen molar-refractivity contribution in [2.45, 2.75) is 44.9 Å². The fourth-order valence-electron chi connectivity index (χ4n) is 5.83. The Morgan fingerprint density at radius 2 is 1.89 bits per heavy atom. The summed E-state index contributed by atoms with van der Waals surface area (Å²) in [5, 5.41) is 0. The Kier molecular flexibility index (Phi) is 6.67. The van der Waals surface area contributed by atoms with Gasteiger partial charge in [0, 0.05) is 43.2 Å². The van der Waals surface area contributed by atoms with E-state index in [-0.39, 0.29) is 11.8 Å². The van der Waals surface area contributed by atoms with Crippen molar-refractivity contribution in [3.8, 4) is 5.75 Å². The highest BCUT2D eigenvalue weighted by atomic mass is 16.5.